The minimum absolute atomic E-state index is 0.475. The predicted octanol–water partition coefficient (Wildman–Crippen LogP) is 1.17. The fourth-order valence-electron chi connectivity index (χ4n) is 1.90. The zero-order valence-corrected chi connectivity index (χ0v) is 11.0. The van der Waals surface area contributed by atoms with Crippen LogP contribution in [0.25, 0.3) is 5.65 Å². The fraction of sp³-hybridized carbons (Fsp3) is 0.308. The molecule has 2 N–H and O–H groups in total. The van der Waals surface area contributed by atoms with Gasteiger partial charge in [-0.15, -0.1) is 5.10 Å². The third kappa shape index (κ3) is 2.34. The molecule has 3 heterocycles. The Bertz CT molecular complexity index is 670. The molecule has 0 saturated carbocycles. The van der Waals surface area contributed by atoms with E-state index in [9.17, 15) is 0 Å². The smallest absolute Gasteiger partial charge is 0.137 e. The van der Waals surface area contributed by atoms with Gasteiger partial charge in [0.15, 0.2) is 0 Å². The van der Waals surface area contributed by atoms with Crippen LogP contribution in [0.2, 0.25) is 0 Å². The molecule has 0 fully saturated rings. The second kappa shape index (κ2) is 4.17. The van der Waals surface area contributed by atoms with Gasteiger partial charge in [-0.05, 0) is 26.0 Å². The first-order valence-electron chi connectivity index (χ1n) is 6.14. The van der Waals surface area contributed by atoms with Gasteiger partial charge in [-0.2, -0.15) is 0 Å². The fourth-order valence-corrected chi connectivity index (χ4v) is 1.90. The molecule has 6 heteroatoms. The van der Waals surface area contributed by atoms with Crippen LogP contribution in [0.15, 0.2) is 36.8 Å². The van der Waals surface area contributed by atoms with E-state index in [0.29, 0.717) is 6.54 Å². The highest BCUT2D eigenvalue weighted by atomic mass is 15.4. The minimum Gasteiger partial charge on any atom is -0.320 e. The van der Waals surface area contributed by atoms with Crippen LogP contribution in [0, 0.1) is 0 Å². The van der Waals surface area contributed by atoms with Crippen LogP contribution in [0.3, 0.4) is 0 Å². The minimum atomic E-state index is -0.475. The highest BCUT2D eigenvalue weighted by Gasteiger charge is 2.18. The maximum Gasteiger partial charge on any atom is 0.137 e. The summed E-state index contributed by atoms with van der Waals surface area (Å²) >= 11 is 0. The first-order chi connectivity index (χ1) is 9.02. The second-order valence-electron chi connectivity index (χ2n) is 5.22. The Morgan fingerprint density at radius 3 is 2.79 bits per heavy atom. The first kappa shape index (κ1) is 11.9. The molecule has 6 nitrogen and oxygen atoms in total. The van der Waals surface area contributed by atoms with Crippen LogP contribution in [-0.4, -0.2) is 24.4 Å². The molecule has 0 bridgehead atoms. The summed E-state index contributed by atoms with van der Waals surface area (Å²) in [5.41, 5.74) is 8.16. The van der Waals surface area contributed by atoms with Crippen molar-refractivity contribution in [2.45, 2.75) is 25.9 Å². The average molecular weight is 256 g/mol. The van der Waals surface area contributed by atoms with E-state index in [0.717, 1.165) is 17.0 Å². The summed E-state index contributed by atoms with van der Waals surface area (Å²) in [6, 6.07) is 5.92. The first-order valence-corrected chi connectivity index (χ1v) is 6.14. The van der Waals surface area contributed by atoms with Crippen molar-refractivity contribution in [3.8, 4) is 0 Å². The van der Waals surface area contributed by atoms with Gasteiger partial charge in [-0.1, -0.05) is 11.3 Å². The summed E-state index contributed by atoms with van der Waals surface area (Å²) in [6.45, 7) is 4.41. The quantitative estimate of drug-likeness (QED) is 0.763. The zero-order valence-electron chi connectivity index (χ0n) is 11.0. The largest absolute Gasteiger partial charge is 0.320 e. The van der Waals surface area contributed by atoms with Gasteiger partial charge in [0.05, 0.1) is 24.0 Å². The summed E-state index contributed by atoms with van der Waals surface area (Å²) in [7, 11) is 0. The van der Waals surface area contributed by atoms with Crippen molar-refractivity contribution in [3.05, 3.63) is 48.2 Å². The number of aromatic nitrogens is 5. The van der Waals surface area contributed by atoms with Gasteiger partial charge in [0.1, 0.15) is 11.3 Å². The maximum atomic E-state index is 5.99. The molecular weight excluding hydrogens is 240 g/mol. The van der Waals surface area contributed by atoms with Crippen molar-refractivity contribution in [1.82, 2.24) is 24.4 Å². The molecule has 0 aliphatic carbocycles. The Morgan fingerprint density at radius 2 is 2.11 bits per heavy atom. The van der Waals surface area contributed by atoms with Gasteiger partial charge in [0.2, 0.25) is 0 Å². The number of hydrogen-bond donors (Lipinski definition) is 1. The van der Waals surface area contributed by atoms with E-state index in [1.807, 2.05) is 55.0 Å². The van der Waals surface area contributed by atoms with Crippen molar-refractivity contribution in [3.63, 3.8) is 0 Å². The monoisotopic (exact) mass is 256 g/mol. The molecule has 0 spiro atoms. The number of fused-ring (bicyclic) bond motifs is 1. The Labute approximate surface area is 110 Å². The maximum absolute atomic E-state index is 5.99. The molecular formula is C13H16N6. The van der Waals surface area contributed by atoms with Crippen LogP contribution < -0.4 is 5.73 Å². The van der Waals surface area contributed by atoms with Crippen molar-refractivity contribution in [2.24, 2.45) is 5.73 Å². The Hall–Kier alpha value is -2.21. The van der Waals surface area contributed by atoms with E-state index in [4.69, 9.17) is 5.73 Å². The standard InChI is InChI=1S/C13H16N6/c1-13(2,14)11-9-19(17-16-11)8-10-7-18-6-4-3-5-12(18)15-10/h3-7,9H,8,14H2,1-2H3. The van der Waals surface area contributed by atoms with E-state index in [-0.39, 0.29) is 0 Å². The molecule has 0 aliphatic heterocycles. The van der Waals surface area contributed by atoms with Crippen molar-refractivity contribution in [2.75, 3.05) is 0 Å². The van der Waals surface area contributed by atoms with Crippen molar-refractivity contribution in [1.29, 1.82) is 0 Å². The lowest BCUT2D eigenvalue weighted by atomic mass is 10.0. The molecule has 0 aromatic carbocycles. The zero-order chi connectivity index (χ0) is 13.5. The summed E-state index contributed by atoms with van der Waals surface area (Å²) in [6.07, 6.45) is 5.83. The average Bonchev–Trinajstić information content (AvgIpc) is 2.94. The Balaban J connectivity index is 1.86. The lowest BCUT2D eigenvalue weighted by molar-refractivity contribution is 0.533. The third-order valence-electron chi connectivity index (χ3n) is 2.94. The van der Waals surface area contributed by atoms with Gasteiger partial charge in [-0.3, -0.25) is 0 Å². The summed E-state index contributed by atoms with van der Waals surface area (Å²) in [5, 5.41) is 8.18. The van der Waals surface area contributed by atoms with Gasteiger partial charge in [-0.25, -0.2) is 9.67 Å². The van der Waals surface area contributed by atoms with Gasteiger partial charge < -0.3 is 10.1 Å². The number of pyridine rings is 1. The molecule has 98 valence electrons. The van der Waals surface area contributed by atoms with Crippen LogP contribution in [-0.2, 0) is 12.1 Å². The predicted molar refractivity (Wildman–Crippen MR) is 71.5 cm³/mol. The molecule has 0 amide bonds. The molecule has 0 saturated heterocycles. The van der Waals surface area contributed by atoms with Crippen molar-refractivity contribution >= 4 is 5.65 Å². The molecule has 0 aliphatic rings. The Kier molecular flexibility index (Phi) is 2.60. The summed E-state index contributed by atoms with van der Waals surface area (Å²) in [4.78, 5) is 4.52. The SMILES string of the molecule is CC(C)(N)c1cn(Cc2cn3ccccc3n2)nn1. The van der Waals surface area contributed by atoms with Crippen LogP contribution >= 0.6 is 0 Å². The van der Waals surface area contributed by atoms with E-state index >= 15 is 0 Å². The van der Waals surface area contributed by atoms with Gasteiger partial charge >= 0.3 is 0 Å². The van der Waals surface area contributed by atoms with E-state index in [1.54, 1.807) is 4.68 Å². The third-order valence-corrected chi connectivity index (χ3v) is 2.94. The summed E-state index contributed by atoms with van der Waals surface area (Å²) in [5.74, 6) is 0. The van der Waals surface area contributed by atoms with E-state index < -0.39 is 5.54 Å². The topological polar surface area (TPSA) is 74.0 Å². The van der Waals surface area contributed by atoms with Crippen LogP contribution in [0.5, 0.6) is 0 Å². The van der Waals surface area contributed by atoms with Crippen LogP contribution in [0.4, 0.5) is 0 Å². The van der Waals surface area contributed by atoms with Gasteiger partial charge in [0, 0.05) is 12.4 Å². The number of nitrogens with two attached hydrogens (primary N) is 1. The number of hydrogen-bond acceptors (Lipinski definition) is 4. The molecule has 3 rings (SSSR count). The summed E-state index contributed by atoms with van der Waals surface area (Å²) < 4.78 is 3.74. The van der Waals surface area contributed by atoms with E-state index in [1.165, 1.54) is 0 Å². The number of rotatable bonds is 3. The van der Waals surface area contributed by atoms with Crippen LogP contribution in [0.1, 0.15) is 25.2 Å². The van der Waals surface area contributed by atoms with Crippen molar-refractivity contribution < 1.29 is 0 Å². The molecule has 0 atom stereocenters. The number of nitrogens with zero attached hydrogens (tertiary/aromatic N) is 5. The normalized spacial score (nSPS) is 12.2. The Morgan fingerprint density at radius 1 is 1.26 bits per heavy atom. The molecule has 3 aromatic rings. The lowest BCUT2D eigenvalue weighted by Crippen LogP contribution is -2.29. The highest BCUT2D eigenvalue weighted by molar-refractivity contribution is 5.39. The molecule has 3 aromatic heterocycles. The highest BCUT2D eigenvalue weighted by Crippen LogP contribution is 2.13. The van der Waals surface area contributed by atoms with E-state index in [2.05, 4.69) is 15.3 Å². The molecule has 0 radical (unpaired) electrons. The van der Waals surface area contributed by atoms with Gasteiger partial charge in [0.25, 0.3) is 0 Å². The lowest BCUT2D eigenvalue weighted by Gasteiger charge is -2.13. The second-order valence-corrected chi connectivity index (χ2v) is 5.22. The number of imidazole rings is 1. The molecule has 19 heavy (non-hydrogen) atoms. The molecule has 0 unspecified atom stereocenters.